The lowest BCUT2D eigenvalue weighted by Crippen LogP contribution is -2.24. The van der Waals surface area contributed by atoms with Crippen molar-refractivity contribution in [1.29, 1.82) is 0 Å². The second kappa shape index (κ2) is 22.2. The molecule has 0 saturated heterocycles. The first kappa shape index (κ1) is 36.0. The fourth-order valence-electron chi connectivity index (χ4n) is 1.56. The van der Waals surface area contributed by atoms with Crippen LogP contribution < -0.4 is 0 Å². The summed E-state index contributed by atoms with van der Waals surface area (Å²) in [5, 5.41) is 49.9. The van der Waals surface area contributed by atoms with E-state index in [1.165, 1.54) is 24.3 Å². The van der Waals surface area contributed by atoms with E-state index in [-0.39, 0.29) is 29.9 Å². The number of aliphatic hydroxyl groups is 2. The Labute approximate surface area is 203 Å². The molecule has 3 unspecified atom stereocenters. The van der Waals surface area contributed by atoms with Crippen LogP contribution in [0.1, 0.15) is 41.5 Å². The van der Waals surface area contributed by atoms with Gasteiger partial charge in [-0.1, -0.05) is 25.3 Å². The fourth-order valence-corrected chi connectivity index (χ4v) is 1.56. The van der Waals surface area contributed by atoms with E-state index in [9.17, 15) is 19.2 Å². The monoisotopic (exact) mass is 502 g/mol. The molecule has 0 saturated carbocycles. The van der Waals surface area contributed by atoms with E-state index in [0.29, 0.717) is 13.2 Å². The van der Waals surface area contributed by atoms with Gasteiger partial charge in [0, 0.05) is 12.2 Å². The van der Waals surface area contributed by atoms with E-state index < -0.39 is 30.0 Å². The maximum atomic E-state index is 10.5. The van der Waals surface area contributed by atoms with Crippen molar-refractivity contribution in [3.63, 3.8) is 0 Å². The van der Waals surface area contributed by atoms with Gasteiger partial charge in [-0.25, -0.2) is 19.2 Å². The molecule has 0 aliphatic heterocycles. The summed E-state index contributed by atoms with van der Waals surface area (Å²) in [7, 11) is 0. The van der Waals surface area contributed by atoms with Gasteiger partial charge in [-0.2, -0.15) is 0 Å². The molecule has 3 atom stereocenters. The topological polar surface area (TPSA) is 208 Å². The highest BCUT2D eigenvalue weighted by molar-refractivity contribution is 6.01. The number of aliphatic carboxylic acids is 2. The van der Waals surface area contributed by atoms with Crippen molar-refractivity contribution < 1.29 is 59.3 Å². The molecule has 0 heterocycles. The van der Waals surface area contributed by atoms with Gasteiger partial charge in [0.15, 0.2) is 0 Å². The third-order valence-electron chi connectivity index (χ3n) is 3.23. The molecular formula is C23H34O12. The highest BCUT2D eigenvalue weighted by Gasteiger charge is 2.13. The Balaban J connectivity index is -0.000000427. The van der Waals surface area contributed by atoms with Crippen LogP contribution in [0.3, 0.4) is 0 Å². The van der Waals surface area contributed by atoms with Crippen molar-refractivity contribution in [2.75, 3.05) is 19.8 Å². The molecule has 0 fully saturated rings. The van der Waals surface area contributed by atoms with Crippen LogP contribution >= 0.6 is 0 Å². The Hall–Kier alpha value is -3.58. The number of aliphatic hydroxyl groups excluding tert-OH is 2. The first-order valence-corrected chi connectivity index (χ1v) is 10.0. The van der Waals surface area contributed by atoms with Crippen LogP contribution in [0.25, 0.3) is 0 Å². The average Bonchev–Trinajstić information content (AvgIpc) is 2.82. The minimum atomic E-state index is -1.23. The number of carbonyl (C=O) groups is 4. The molecule has 0 aliphatic carbocycles. The summed E-state index contributed by atoms with van der Waals surface area (Å²) in [4.78, 5) is 39.4. The van der Waals surface area contributed by atoms with Crippen molar-refractivity contribution in [3.05, 3.63) is 60.7 Å². The van der Waals surface area contributed by atoms with E-state index >= 15 is 0 Å². The Morgan fingerprint density at radius 1 is 0.800 bits per heavy atom. The lowest BCUT2D eigenvalue weighted by atomic mass is 10.1. The van der Waals surface area contributed by atoms with Crippen LogP contribution in [0.5, 0.6) is 0 Å². The second-order valence-corrected chi connectivity index (χ2v) is 6.56. The number of rotatable bonds is 11. The lowest BCUT2D eigenvalue weighted by Gasteiger charge is -2.16. The Bertz CT molecular complexity index is 737. The number of aromatic carboxylic acids is 2. The molecule has 6 N–H and O–H groups in total. The molecular weight excluding hydrogens is 468 g/mol. The zero-order chi connectivity index (χ0) is 28.0. The Kier molecular flexibility index (Phi) is 22.9. The van der Waals surface area contributed by atoms with Crippen LogP contribution in [0.4, 0.5) is 0 Å². The van der Waals surface area contributed by atoms with Gasteiger partial charge in [0.25, 0.3) is 0 Å². The summed E-state index contributed by atoms with van der Waals surface area (Å²) in [5.41, 5.74) is -0.380. The Morgan fingerprint density at radius 3 is 1.40 bits per heavy atom. The maximum Gasteiger partial charge on any atom is 0.336 e. The number of carboxylic acid groups (broad SMARTS) is 4. The molecule has 0 aromatic heterocycles. The molecule has 12 nitrogen and oxygen atoms in total. The van der Waals surface area contributed by atoms with E-state index in [1.807, 2.05) is 6.92 Å². The fraction of sp³-hybridized carbons (Fsp3) is 0.391. The molecule has 1 rings (SSSR count). The number of benzene rings is 1. The first-order chi connectivity index (χ1) is 16.2. The van der Waals surface area contributed by atoms with Crippen LogP contribution in [-0.2, 0) is 19.1 Å². The number of hydrogen-bond donors (Lipinski definition) is 6. The smallest absolute Gasteiger partial charge is 0.336 e. The number of ether oxygens (including phenoxy) is 2. The first-order valence-electron chi connectivity index (χ1n) is 10.0. The van der Waals surface area contributed by atoms with E-state index in [4.69, 9.17) is 40.1 Å². The van der Waals surface area contributed by atoms with Crippen LogP contribution in [0.2, 0.25) is 0 Å². The molecule has 0 aliphatic rings. The summed E-state index contributed by atoms with van der Waals surface area (Å²) >= 11 is 0. The van der Waals surface area contributed by atoms with Crippen molar-refractivity contribution >= 4 is 23.9 Å². The average molecular weight is 503 g/mol. The van der Waals surface area contributed by atoms with Crippen LogP contribution in [0, 0.1) is 0 Å². The molecule has 1 aromatic carbocycles. The standard InChI is InChI=1S/C9H20O4.C8H6O4.2C3H4O2/c1-7(11)5-12-9(3)6-13-8(2)4-10;9-7(10)5-3-1-2-4-6(5)8(11)12;2*1-2-3(4)5/h7-11H,4-6H2,1-3H3;1-4H,(H,9,10)(H,11,12);2*2H,1H2,(H,4,5). The molecule has 12 heteroatoms. The van der Waals surface area contributed by atoms with Crippen LogP contribution in [0.15, 0.2) is 49.6 Å². The second-order valence-electron chi connectivity index (χ2n) is 6.56. The van der Waals surface area contributed by atoms with Gasteiger partial charge < -0.3 is 40.1 Å². The molecule has 0 bridgehead atoms. The van der Waals surface area contributed by atoms with Gasteiger partial charge in [0.2, 0.25) is 0 Å². The van der Waals surface area contributed by atoms with Crippen molar-refractivity contribution in [2.45, 2.75) is 39.1 Å². The van der Waals surface area contributed by atoms with Crippen LogP contribution in [-0.4, -0.2) is 92.6 Å². The number of hydrogen-bond acceptors (Lipinski definition) is 8. The molecule has 1 aromatic rings. The SMILES string of the molecule is C=CC(=O)O.C=CC(=O)O.CC(O)COC(C)COC(C)CO.O=C(O)c1ccccc1C(=O)O. The van der Waals surface area contributed by atoms with Gasteiger partial charge in [0.1, 0.15) is 0 Å². The van der Waals surface area contributed by atoms with Crippen molar-refractivity contribution in [3.8, 4) is 0 Å². The predicted octanol–water partition coefficient (Wildman–Crippen LogP) is 1.77. The van der Waals surface area contributed by atoms with Gasteiger partial charge in [-0.3, -0.25) is 0 Å². The third-order valence-corrected chi connectivity index (χ3v) is 3.23. The third kappa shape index (κ3) is 24.9. The summed E-state index contributed by atoms with van der Waals surface area (Å²) in [6.45, 7) is 12.0. The summed E-state index contributed by atoms with van der Waals surface area (Å²) in [5.74, 6) is -4.42. The maximum absolute atomic E-state index is 10.5. The largest absolute Gasteiger partial charge is 0.478 e. The quantitative estimate of drug-likeness (QED) is 0.239. The Morgan fingerprint density at radius 2 is 1.14 bits per heavy atom. The molecule has 198 valence electrons. The zero-order valence-corrected chi connectivity index (χ0v) is 19.9. The zero-order valence-electron chi connectivity index (χ0n) is 19.9. The van der Waals surface area contributed by atoms with Gasteiger partial charge >= 0.3 is 23.9 Å². The van der Waals surface area contributed by atoms with Crippen molar-refractivity contribution in [2.24, 2.45) is 0 Å². The summed E-state index contributed by atoms with van der Waals surface area (Å²) in [6.07, 6.45) is 1.01. The van der Waals surface area contributed by atoms with Gasteiger partial charge in [-0.05, 0) is 32.9 Å². The van der Waals surface area contributed by atoms with E-state index in [0.717, 1.165) is 12.2 Å². The predicted molar refractivity (Wildman–Crippen MR) is 126 cm³/mol. The molecule has 0 radical (unpaired) electrons. The normalized spacial score (nSPS) is 11.8. The molecule has 35 heavy (non-hydrogen) atoms. The number of carboxylic acids is 4. The van der Waals surface area contributed by atoms with Gasteiger partial charge in [0.05, 0.1) is 49.3 Å². The summed E-state index contributed by atoms with van der Waals surface area (Å²) in [6, 6.07) is 5.48. The minimum Gasteiger partial charge on any atom is -0.478 e. The van der Waals surface area contributed by atoms with E-state index in [2.05, 4.69) is 13.2 Å². The van der Waals surface area contributed by atoms with E-state index in [1.54, 1.807) is 13.8 Å². The van der Waals surface area contributed by atoms with Gasteiger partial charge in [-0.15, -0.1) is 0 Å². The molecule has 0 spiro atoms. The molecule has 0 amide bonds. The highest BCUT2D eigenvalue weighted by atomic mass is 16.5. The lowest BCUT2D eigenvalue weighted by molar-refractivity contribution is -0.132. The summed E-state index contributed by atoms with van der Waals surface area (Å²) < 4.78 is 10.5. The van der Waals surface area contributed by atoms with Crippen molar-refractivity contribution in [1.82, 2.24) is 0 Å². The highest BCUT2D eigenvalue weighted by Crippen LogP contribution is 2.07. The minimum absolute atomic E-state index is 0.0170.